The Morgan fingerprint density at radius 2 is 2.08 bits per heavy atom. The number of methoxy groups -OCH3 is 1. The number of benzene rings is 1. The molecule has 2 bridgehead atoms. The highest BCUT2D eigenvalue weighted by Gasteiger charge is 2.71. The molecule has 0 aliphatic carbocycles. The maximum atomic E-state index is 13.3. The molecule has 1 N–H and O–H groups in total. The normalized spacial score (nSPS) is 34.2. The van der Waals surface area contributed by atoms with Crippen molar-refractivity contribution < 1.29 is 24.2 Å². The summed E-state index contributed by atoms with van der Waals surface area (Å²) in [6.07, 6.45) is 3.66. The van der Waals surface area contributed by atoms with Gasteiger partial charge in [0.05, 0.1) is 25.2 Å². The Labute approximate surface area is 151 Å². The molecule has 0 aromatic heterocycles. The fraction of sp³-hybridized carbons (Fsp3) is 0.400. The summed E-state index contributed by atoms with van der Waals surface area (Å²) in [7, 11) is 1.58. The number of carbonyl (C=O) groups is 2. The molecule has 1 aromatic rings. The molecule has 1 spiro atoms. The van der Waals surface area contributed by atoms with Crippen LogP contribution in [0.1, 0.15) is 13.3 Å². The highest BCUT2D eigenvalue weighted by atomic mass is 16.5. The van der Waals surface area contributed by atoms with Crippen LogP contribution in [0.2, 0.25) is 0 Å². The molecule has 1 amide bonds. The smallest absolute Gasteiger partial charge is 0.310 e. The summed E-state index contributed by atoms with van der Waals surface area (Å²) in [6, 6.07) is 6.87. The average molecular weight is 355 g/mol. The van der Waals surface area contributed by atoms with E-state index in [9.17, 15) is 14.7 Å². The first-order valence-electron chi connectivity index (χ1n) is 8.60. The standard InChI is InChI=1S/C20H21NO5/c1-11(2)10-15-20-9-8-14(26-20)16(19(23)24)17(20)18(22)21(15)12-4-6-13(25-3)7-5-12/h4-9,14-17H,1,10H2,2-3H3,(H,23,24)/t14-,15-,16+,17-,20+/m0/s1. The number of nitrogens with zero attached hydrogens (tertiary/aromatic N) is 1. The van der Waals surface area contributed by atoms with Crippen molar-refractivity contribution in [3.8, 4) is 5.75 Å². The van der Waals surface area contributed by atoms with Crippen molar-refractivity contribution in [2.75, 3.05) is 12.0 Å². The highest BCUT2D eigenvalue weighted by Crippen LogP contribution is 2.56. The van der Waals surface area contributed by atoms with E-state index in [0.717, 1.165) is 5.57 Å². The Balaban J connectivity index is 1.81. The van der Waals surface area contributed by atoms with Crippen molar-refractivity contribution in [2.24, 2.45) is 11.8 Å². The molecule has 136 valence electrons. The number of aliphatic carboxylic acids is 1. The van der Waals surface area contributed by atoms with Crippen LogP contribution in [-0.2, 0) is 14.3 Å². The number of hydrogen-bond donors (Lipinski definition) is 1. The van der Waals surface area contributed by atoms with E-state index in [1.807, 2.05) is 25.1 Å². The van der Waals surface area contributed by atoms with Gasteiger partial charge in [-0.1, -0.05) is 17.7 Å². The Morgan fingerprint density at radius 1 is 1.38 bits per heavy atom. The van der Waals surface area contributed by atoms with Crippen LogP contribution in [0, 0.1) is 11.8 Å². The molecular weight excluding hydrogens is 334 g/mol. The van der Waals surface area contributed by atoms with Gasteiger partial charge in [0, 0.05) is 5.69 Å². The zero-order valence-electron chi connectivity index (χ0n) is 14.7. The predicted octanol–water partition coefficient (Wildman–Crippen LogP) is 2.40. The van der Waals surface area contributed by atoms with Gasteiger partial charge in [-0.2, -0.15) is 0 Å². The molecule has 6 heteroatoms. The van der Waals surface area contributed by atoms with Crippen LogP contribution < -0.4 is 9.64 Å². The minimum atomic E-state index is -0.995. The van der Waals surface area contributed by atoms with Crippen LogP contribution in [0.4, 0.5) is 5.69 Å². The molecule has 5 atom stereocenters. The van der Waals surface area contributed by atoms with Crippen LogP contribution in [0.25, 0.3) is 0 Å². The van der Waals surface area contributed by atoms with Crippen LogP contribution >= 0.6 is 0 Å². The molecule has 0 radical (unpaired) electrons. The Morgan fingerprint density at radius 3 is 2.65 bits per heavy atom. The third kappa shape index (κ3) is 2.15. The number of rotatable bonds is 5. The summed E-state index contributed by atoms with van der Waals surface area (Å²) >= 11 is 0. The lowest BCUT2D eigenvalue weighted by Crippen LogP contribution is -2.45. The Kier molecular flexibility index (Phi) is 3.70. The van der Waals surface area contributed by atoms with E-state index < -0.39 is 29.5 Å². The lowest BCUT2D eigenvalue weighted by molar-refractivity contribution is -0.146. The number of carboxylic acids is 1. The summed E-state index contributed by atoms with van der Waals surface area (Å²) in [5.74, 6) is -2.09. The van der Waals surface area contributed by atoms with Gasteiger partial charge in [0.2, 0.25) is 5.91 Å². The molecule has 3 aliphatic heterocycles. The lowest BCUT2D eigenvalue weighted by atomic mass is 9.74. The summed E-state index contributed by atoms with van der Waals surface area (Å²) in [4.78, 5) is 26.8. The molecule has 2 fully saturated rings. The second-order valence-corrected chi connectivity index (χ2v) is 7.22. The molecule has 4 rings (SSSR count). The highest BCUT2D eigenvalue weighted by molar-refractivity contribution is 6.03. The van der Waals surface area contributed by atoms with Gasteiger partial charge in [-0.15, -0.1) is 6.58 Å². The number of amides is 1. The van der Waals surface area contributed by atoms with Crippen LogP contribution in [0.3, 0.4) is 0 Å². The molecular formula is C20H21NO5. The van der Waals surface area contributed by atoms with E-state index in [4.69, 9.17) is 9.47 Å². The summed E-state index contributed by atoms with van der Waals surface area (Å²) in [5.41, 5.74) is 0.704. The summed E-state index contributed by atoms with van der Waals surface area (Å²) in [5, 5.41) is 9.67. The summed E-state index contributed by atoms with van der Waals surface area (Å²) < 4.78 is 11.3. The van der Waals surface area contributed by atoms with Crippen molar-refractivity contribution in [3.05, 3.63) is 48.6 Å². The van der Waals surface area contributed by atoms with Gasteiger partial charge in [0.1, 0.15) is 17.3 Å². The number of fused-ring (bicyclic) bond motifs is 1. The van der Waals surface area contributed by atoms with Gasteiger partial charge in [-0.25, -0.2) is 0 Å². The molecule has 2 saturated heterocycles. The maximum absolute atomic E-state index is 13.3. The second-order valence-electron chi connectivity index (χ2n) is 7.22. The molecule has 3 heterocycles. The van der Waals surface area contributed by atoms with Gasteiger partial charge in [-0.05, 0) is 37.6 Å². The van der Waals surface area contributed by atoms with Gasteiger partial charge in [-0.3, -0.25) is 9.59 Å². The molecule has 6 nitrogen and oxygen atoms in total. The third-order valence-electron chi connectivity index (χ3n) is 5.60. The number of carbonyl (C=O) groups excluding carboxylic acids is 1. The van der Waals surface area contributed by atoms with Gasteiger partial charge >= 0.3 is 5.97 Å². The molecule has 3 aliphatic rings. The number of carboxylic acid groups (broad SMARTS) is 1. The molecule has 0 unspecified atom stereocenters. The largest absolute Gasteiger partial charge is 0.497 e. The van der Waals surface area contributed by atoms with Gasteiger partial charge in [0.25, 0.3) is 0 Å². The number of hydrogen-bond acceptors (Lipinski definition) is 4. The Hall–Kier alpha value is -2.60. The zero-order valence-corrected chi connectivity index (χ0v) is 14.7. The Bertz CT molecular complexity index is 814. The maximum Gasteiger partial charge on any atom is 0.310 e. The van der Waals surface area contributed by atoms with Gasteiger partial charge < -0.3 is 19.5 Å². The second kappa shape index (κ2) is 5.71. The quantitative estimate of drug-likeness (QED) is 0.821. The van der Waals surface area contributed by atoms with E-state index in [-0.39, 0.29) is 11.9 Å². The van der Waals surface area contributed by atoms with Crippen LogP contribution in [0.15, 0.2) is 48.6 Å². The molecule has 26 heavy (non-hydrogen) atoms. The van der Waals surface area contributed by atoms with E-state index >= 15 is 0 Å². The fourth-order valence-electron chi connectivity index (χ4n) is 4.56. The first-order chi connectivity index (χ1) is 12.4. The lowest BCUT2D eigenvalue weighted by Gasteiger charge is -2.33. The minimum absolute atomic E-state index is 0.208. The number of anilines is 1. The molecule has 1 aromatic carbocycles. The molecule has 0 saturated carbocycles. The SMILES string of the molecule is C=C(C)C[C@@H]1N(c2ccc(OC)cc2)C(=O)[C@@H]2[C@H](C(=O)O)[C@@H]3C=C[C@]21O3. The predicted molar refractivity (Wildman–Crippen MR) is 95.1 cm³/mol. The van der Waals surface area contributed by atoms with Crippen molar-refractivity contribution in [2.45, 2.75) is 31.1 Å². The fourth-order valence-corrected chi connectivity index (χ4v) is 4.56. The first kappa shape index (κ1) is 16.8. The summed E-state index contributed by atoms with van der Waals surface area (Å²) in [6.45, 7) is 5.90. The third-order valence-corrected chi connectivity index (χ3v) is 5.60. The monoisotopic (exact) mass is 355 g/mol. The van der Waals surface area contributed by atoms with E-state index in [2.05, 4.69) is 6.58 Å². The van der Waals surface area contributed by atoms with E-state index in [0.29, 0.717) is 17.9 Å². The topological polar surface area (TPSA) is 76.1 Å². The van der Waals surface area contributed by atoms with Crippen LogP contribution in [-0.4, -0.2) is 41.8 Å². The minimum Gasteiger partial charge on any atom is -0.497 e. The van der Waals surface area contributed by atoms with E-state index in [1.165, 1.54) is 0 Å². The van der Waals surface area contributed by atoms with Crippen molar-refractivity contribution >= 4 is 17.6 Å². The zero-order chi connectivity index (χ0) is 18.6. The van der Waals surface area contributed by atoms with Crippen LogP contribution in [0.5, 0.6) is 5.75 Å². The van der Waals surface area contributed by atoms with Crippen molar-refractivity contribution in [3.63, 3.8) is 0 Å². The number of ether oxygens (including phenoxy) is 2. The van der Waals surface area contributed by atoms with Crippen molar-refractivity contribution in [1.29, 1.82) is 0 Å². The van der Waals surface area contributed by atoms with Crippen molar-refractivity contribution in [1.82, 2.24) is 0 Å². The van der Waals surface area contributed by atoms with E-state index in [1.54, 1.807) is 30.2 Å². The first-order valence-corrected chi connectivity index (χ1v) is 8.60. The van der Waals surface area contributed by atoms with Gasteiger partial charge in [0.15, 0.2) is 0 Å². The average Bonchev–Trinajstić information content (AvgIpc) is 3.24.